The van der Waals surface area contributed by atoms with Crippen LogP contribution in [0.3, 0.4) is 0 Å². The van der Waals surface area contributed by atoms with E-state index in [2.05, 4.69) is 0 Å². The van der Waals surface area contributed by atoms with E-state index in [1.165, 1.54) is 6.07 Å². The monoisotopic (exact) mass is 256 g/mol. The minimum atomic E-state index is -1.07. The van der Waals surface area contributed by atoms with Gasteiger partial charge < -0.3 is 10.2 Å². The number of carbonyl (C=O) groups is 1. The second-order valence-electron chi connectivity index (χ2n) is 3.65. The minimum Gasteiger partial charge on any atom is -0.507 e. The summed E-state index contributed by atoms with van der Waals surface area (Å²) in [5, 5.41) is 18.8. The zero-order valence-electron chi connectivity index (χ0n) is 8.77. The van der Waals surface area contributed by atoms with Crippen molar-refractivity contribution >= 4 is 29.5 Å². The summed E-state index contributed by atoms with van der Waals surface area (Å²) in [4.78, 5) is 11.2. The maximum absolute atomic E-state index is 11.2. The second-order valence-corrected chi connectivity index (χ2v) is 6.93. The molecule has 0 bridgehead atoms. The van der Waals surface area contributed by atoms with Gasteiger partial charge in [-0.2, -0.15) is 0 Å². The highest BCUT2D eigenvalue weighted by atomic mass is 32.2. The molecule has 0 unspecified atom stereocenters. The molecule has 1 aliphatic heterocycles. The van der Waals surface area contributed by atoms with E-state index in [0.717, 1.165) is 11.5 Å². The predicted molar refractivity (Wildman–Crippen MR) is 67.3 cm³/mol. The standard InChI is InChI=1S/C11H12O3S2/c1-11(15-5-6-16-11)7-3-2-4-8(12)9(7)10(13)14/h2-4,12H,5-6H2,1H3,(H,13,14). The molecule has 1 aromatic carbocycles. The SMILES string of the molecule is CC1(c2cccc(O)c2C(=O)O)SCCS1. The lowest BCUT2D eigenvalue weighted by Gasteiger charge is -2.24. The van der Waals surface area contributed by atoms with Gasteiger partial charge in [-0.05, 0) is 18.6 Å². The largest absolute Gasteiger partial charge is 0.507 e. The van der Waals surface area contributed by atoms with Gasteiger partial charge in [0, 0.05) is 11.5 Å². The van der Waals surface area contributed by atoms with Gasteiger partial charge in [0.15, 0.2) is 0 Å². The quantitative estimate of drug-likeness (QED) is 0.852. The Morgan fingerprint density at radius 2 is 2.00 bits per heavy atom. The highest BCUT2D eigenvalue weighted by Gasteiger charge is 2.36. The van der Waals surface area contributed by atoms with Gasteiger partial charge in [-0.15, -0.1) is 23.5 Å². The minimum absolute atomic E-state index is 0.0342. The maximum atomic E-state index is 11.2. The Bertz CT molecular complexity index is 425. The van der Waals surface area contributed by atoms with Crippen molar-refractivity contribution in [1.82, 2.24) is 0 Å². The lowest BCUT2D eigenvalue weighted by molar-refractivity contribution is 0.0692. The zero-order valence-corrected chi connectivity index (χ0v) is 10.4. The Morgan fingerprint density at radius 1 is 1.38 bits per heavy atom. The van der Waals surface area contributed by atoms with Crippen LogP contribution in [0.1, 0.15) is 22.8 Å². The van der Waals surface area contributed by atoms with Crippen molar-refractivity contribution in [2.45, 2.75) is 11.0 Å². The molecule has 0 aliphatic carbocycles. The van der Waals surface area contributed by atoms with Gasteiger partial charge in [-0.3, -0.25) is 0 Å². The first-order chi connectivity index (χ1) is 7.54. The van der Waals surface area contributed by atoms with E-state index in [0.29, 0.717) is 5.56 Å². The van der Waals surface area contributed by atoms with Gasteiger partial charge in [0.1, 0.15) is 11.3 Å². The van der Waals surface area contributed by atoms with Crippen LogP contribution in [0.5, 0.6) is 5.75 Å². The Kier molecular flexibility index (Phi) is 3.08. The number of aromatic carboxylic acids is 1. The van der Waals surface area contributed by atoms with E-state index in [-0.39, 0.29) is 15.4 Å². The summed E-state index contributed by atoms with van der Waals surface area (Å²) in [5.74, 6) is 0.799. The van der Waals surface area contributed by atoms with Crippen LogP contribution in [-0.2, 0) is 4.08 Å². The molecule has 1 heterocycles. The van der Waals surface area contributed by atoms with Crippen LogP contribution < -0.4 is 0 Å². The molecule has 1 aliphatic rings. The molecule has 2 rings (SSSR count). The number of benzene rings is 1. The topological polar surface area (TPSA) is 57.5 Å². The summed E-state index contributed by atoms with van der Waals surface area (Å²) in [6, 6.07) is 4.90. The van der Waals surface area contributed by atoms with Crippen LogP contribution in [0.25, 0.3) is 0 Å². The second kappa shape index (κ2) is 4.22. The summed E-state index contributed by atoms with van der Waals surface area (Å²) in [6.07, 6.45) is 0. The molecule has 0 atom stereocenters. The van der Waals surface area contributed by atoms with Crippen molar-refractivity contribution in [3.63, 3.8) is 0 Å². The Balaban J connectivity index is 2.55. The molecule has 1 saturated heterocycles. The van der Waals surface area contributed by atoms with E-state index < -0.39 is 5.97 Å². The molecular formula is C11H12O3S2. The smallest absolute Gasteiger partial charge is 0.339 e. The maximum Gasteiger partial charge on any atom is 0.339 e. The van der Waals surface area contributed by atoms with Crippen LogP contribution in [0.15, 0.2) is 18.2 Å². The van der Waals surface area contributed by atoms with E-state index in [1.54, 1.807) is 35.7 Å². The van der Waals surface area contributed by atoms with Crippen molar-refractivity contribution in [2.24, 2.45) is 0 Å². The van der Waals surface area contributed by atoms with E-state index >= 15 is 0 Å². The molecule has 2 N–H and O–H groups in total. The summed E-state index contributed by atoms with van der Waals surface area (Å²) in [6.45, 7) is 2.01. The van der Waals surface area contributed by atoms with Gasteiger partial charge >= 0.3 is 5.97 Å². The first kappa shape index (κ1) is 11.7. The first-order valence-corrected chi connectivity index (χ1v) is 6.85. The fourth-order valence-electron chi connectivity index (χ4n) is 1.81. The molecule has 0 aromatic heterocycles. The van der Waals surface area contributed by atoms with Crippen molar-refractivity contribution in [1.29, 1.82) is 0 Å². The number of rotatable bonds is 2. The van der Waals surface area contributed by atoms with Gasteiger partial charge in [-0.25, -0.2) is 4.79 Å². The third-order valence-corrected chi connectivity index (χ3v) is 5.91. The molecule has 3 nitrogen and oxygen atoms in total. The lowest BCUT2D eigenvalue weighted by atomic mass is 10.0. The number of carboxylic acids is 1. The molecule has 86 valence electrons. The molecular weight excluding hydrogens is 244 g/mol. The Morgan fingerprint density at radius 3 is 2.56 bits per heavy atom. The third kappa shape index (κ3) is 1.89. The van der Waals surface area contributed by atoms with Crippen LogP contribution in [0, 0.1) is 0 Å². The average molecular weight is 256 g/mol. The predicted octanol–water partition coefficient (Wildman–Crippen LogP) is 2.74. The normalized spacial score (nSPS) is 18.6. The third-order valence-electron chi connectivity index (χ3n) is 2.58. The van der Waals surface area contributed by atoms with Crippen LogP contribution in [0.2, 0.25) is 0 Å². The number of phenols is 1. The Labute approximate surface area is 102 Å². The molecule has 0 amide bonds. The number of aromatic hydroxyl groups is 1. The summed E-state index contributed by atoms with van der Waals surface area (Å²) < 4.78 is -0.257. The highest BCUT2D eigenvalue weighted by molar-refractivity contribution is 8.20. The number of hydrogen-bond donors (Lipinski definition) is 2. The first-order valence-electron chi connectivity index (χ1n) is 4.88. The summed E-state index contributed by atoms with van der Waals surface area (Å²) in [7, 11) is 0. The number of carboxylic acid groups (broad SMARTS) is 1. The van der Waals surface area contributed by atoms with Gasteiger partial charge in [0.05, 0.1) is 4.08 Å². The van der Waals surface area contributed by atoms with Crippen molar-refractivity contribution in [3.05, 3.63) is 29.3 Å². The highest BCUT2D eigenvalue weighted by Crippen LogP contribution is 2.53. The van der Waals surface area contributed by atoms with Crippen molar-refractivity contribution < 1.29 is 15.0 Å². The fraction of sp³-hybridized carbons (Fsp3) is 0.364. The summed E-state index contributed by atoms with van der Waals surface area (Å²) in [5.41, 5.74) is 0.736. The number of thioether (sulfide) groups is 2. The lowest BCUT2D eigenvalue weighted by Crippen LogP contribution is -2.15. The van der Waals surface area contributed by atoms with Crippen LogP contribution >= 0.6 is 23.5 Å². The van der Waals surface area contributed by atoms with Gasteiger partial charge in [0.25, 0.3) is 0 Å². The molecule has 1 aromatic rings. The Hall–Kier alpha value is -0.810. The average Bonchev–Trinajstić information content (AvgIpc) is 2.65. The molecule has 16 heavy (non-hydrogen) atoms. The van der Waals surface area contributed by atoms with Crippen molar-refractivity contribution in [3.8, 4) is 5.75 Å². The van der Waals surface area contributed by atoms with Crippen LogP contribution in [-0.4, -0.2) is 27.7 Å². The van der Waals surface area contributed by atoms with Gasteiger partial charge in [0.2, 0.25) is 0 Å². The molecule has 5 heteroatoms. The van der Waals surface area contributed by atoms with Crippen molar-refractivity contribution in [2.75, 3.05) is 11.5 Å². The number of hydrogen-bond acceptors (Lipinski definition) is 4. The zero-order chi connectivity index (χ0) is 11.8. The molecule has 0 spiro atoms. The van der Waals surface area contributed by atoms with E-state index in [1.807, 2.05) is 6.92 Å². The van der Waals surface area contributed by atoms with E-state index in [9.17, 15) is 9.90 Å². The van der Waals surface area contributed by atoms with Crippen LogP contribution in [0.4, 0.5) is 0 Å². The fourth-order valence-corrected chi connectivity index (χ4v) is 4.74. The van der Waals surface area contributed by atoms with E-state index in [4.69, 9.17) is 5.11 Å². The van der Waals surface area contributed by atoms with Gasteiger partial charge in [-0.1, -0.05) is 12.1 Å². The molecule has 0 saturated carbocycles. The molecule has 1 fully saturated rings. The molecule has 0 radical (unpaired) electrons. The summed E-state index contributed by atoms with van der Waals surface area (Å²) >= 11 is 3.45.